The molecule has 0 spiro atoms. The predicted molar refractivity (Wildman–Crippen MR) is 126 cm³/mol. The van der Waals surface area contributed by atoms with E-state index in [1.807, 2.05) is 44.2 Å². The van der Waals surface area contributed by atoms with Crippen molar-refractivity contribution in [1.29, 1.82) is 0 Å². The average Bonchev–Trinajstić information content (AvgIpc) is 2.78. The molecule has 4 rings (SSSR count). The van der Waals surface area contributed by atoms with Gasteiger partial charge in [0.05, 0.1) is 29.7 Å². The Morgan fingerprint density at radius 1 is 1.16 bits per heavy atom. The number of hydrogen-bond acceptors (Lipinski definition) is 4. The van der Waals surface area contributed by atoms with Crippen molar-refractivity contribution >= 4 is 33.3 Å². The number of ether oxygens (including phenoxy) is 1. The lowest BCUT2D eigenvalue weighted by molar-refractivity contribution is -0.119. The molecule has 0 fully saturated rings. The monoisotopic (exact) mass is 498 g/mol. The number of halogens is 2. The van der Waals surface area contributed by atoms with Crippen LogP contribution < -0.4 is 15.4 Å². The standard InChI is InChI=1S/C25H24BrFN2O3/c1-25(2,15-7-9-16(10-8-15)32-12-11-26)29-24(31)18-14-22-19(13-20(18)27)23(30)17-5-3-4-6-21(17)28-22/h3-10,13-14,19,22,28H,11-12H2,1-2H3,(H,29,31). The highest BCUT2D eigenvalue weighted by atomic mass is 79.9. The number of hydrogen-bond donors (Lipinski definition) is 2. The van der Waals surface area contributed by atoms with Crippen LogP contribution in [0.15, 0.2) is 72.1 Å². The molecule has 0 saturated heterocycles. The molecule has 166 valence electrons. The van der Waals surface area contributed by atoms with Gasteiger partial charge in [-0.2, -0.15) is 0 Å². The summed E-state index contributed by atoms with van der Waals surface area (Å²) in [6.45, 7) is 4.26. The molecule has 2 aromatic carbocycles. The Kier molecular flexibility index (Phi) is 6.20. The summed E-state index contributed by atoms with van der Waals surface area (Å²) >= 11 is 3.32. The van der Waals surface area contributed by atoms with Gasteiger partial charge in [-0.1, -0.05) is 40.2 Å². The lowest BCUT2D eigenvalue weighted by atomic mass is 9.81. The molecular weight excluding hydrogens is 475 g/mol. The van der Waals surface area contributed by atoms with E-state index in [1.165, 1.54) is 12.2 Å². The van der Waals surface area contributed by atoms with Crippen LogP contribution in [0.25, 0.3) is 0 Å². The normalized spacial score (nSPS) is 19.7. The molecule has 0 radical (unpaired) electrons. The van der Waals surface area contributed by atoms with E-state index in [1.54, 1.807) is 18.2 Å². The van der Waals surface area contributed by atoms with Gasteiger partial charge in [0.1, 0.15) is 11.6 Å². The molecule has 2 N–H and O–H groups in total. The maximum Gasteiger partial charge on any atom is 0.254 e. The molecule has 2 aliphatic rings. The van der Waals surface area contributed by atoms with Gasteiger partial charge < -0.3 is 15.4 Å². The molecule has 2 aromatic rings. The zero-order valence-corrected chi connectivity index (χ0v) is 19.4. The number of fused-ring (bicyclic) bond motifs is 2. The fourth-order valence-electron chi connectivity index (χ4n) is 4.00. The van der Waals surface area contributed by atoms with E-state index < -0.39 is 29.2 Å². The molecule has 0 aromatic heterocycles. The summed E-state index contributed by atoms with van der Waals surface area (Å²) in [5, 5.41) is 6.89. The molecule has 7 heteroatoms. The first-order chi connectivity index (χ1) is 15.3. The SMILES string of the molecule is CC(C)(NC(=O)C1=CC2Nc3ccccc3C(=O)C2C=C1F)c1ccc(OCCBr)cc1. The van der Waals surface area contributed by atoms with Gasteiger partial charge in [-0.25, -0.2) is 4.39 Å². The zero-order chi connectivity index (χ0) is 22.9. The minimum absolute atomic E-state index is 0.0729. The van der Waals surface area contributed by atoms with Crippen LogP contribution in [-0.2, 0) is 10.3 Å². The minimum Gasteiger partial charge on any atom is -0.493 e. The van der Waals surface area contributed by atoms with Crippen molar-refractivity contribution in [3.8, 4) is 5.75 Å². The summed E-state index contributed by atoms with van der Waals surface area (Å²) in [6, 6.07) is 14.1. The molecule has 1 heterocycles. The molecule has 0 bridgehead atoms. The van der Waals surface area contributed by atoms with E-state index in [9.17, 15) is 14.0 Å². The molecule has 32 heavy (non-hydrogen) atoms. The fourth-order valence-corrected chi connectivity index (χ4v) is 4.16. The van der Waals surface area contributed by atoms with Gasteiger partial charge in [0.2, 0.25) is 0 Å². The lowest BCUT2D eigenvalue weighted by Gasteiger charge is -2.33. The molecule has 2 atom stereocenters. The van der Waals surface area contributed by atoms with Crippen molar-refractivity contribution in [2.45, 2.75) is 25.4 Å². The summed E-state index contributed by atoms with van der Waals surface area (Å²) < 4.78 is 20.5. The van der Waals surface area contributed by atoms with Crippen LogP contribution in [0.2, 0.25) is 0 Å². The second kappa shape index (κ2) is 8.90. The largest absolute Gasteiger partial charge is 0.493 e. The summed E-state index contributed by atoms with van der Waals surface area (Å²) in [5.41, 5.74) is 1.26. The molecule has 1 aliphatic carbocycles. The number of carbonyl (C=O) groups is 2. The van der Waals surface area contributed by atoms with Crippen LogP contribution in [-0.4, -0.2) is 29.7 Å². The molecule has 0 saturated carbocycles. The Hall–Kier alpha value is -2.93. The maximum atomic E-state index is 14.9. The number of amides is 1. The third-order valence-electron chi connectivity index (χ3n) is 5.73. The van der Waals surface area contributed by atoms with E-state index in [0.29, 0.717) is 17.9 Å². The van der Waals surface area contributed by atoms with Crippen molar-refractivity contribution in [2.24, 2.45) is 5.92 Å². The van der Waals surface area contributed by atoms with E-state index in [4.69, 9.17) is 4.74 Å². The summed E-state index contributed by atoms with van der Waals surface area (Å²) in [7, 11) is 0. The average molecular weight is 499 g/mol. The zero-order valence-electron chi connectivity index (χ0n) is 17.8. The minimum atomic E-state index is -0.745. The lowest BCUT2D eigenvalue weighted by Crippen LogP contribution is -2.44. The smallest absolute Gasteiger partial charge is 0.254 e. The molecule has 5 nitrogen and oxygen atoms in total. The van der Waals surface area contributed by atoms with Crippen LogP contribution in [0.3, 0.4) is 0 Å². The molecule has 2 unspecified atom stereocenters. The van der Waals surface area contributed by atoms with Gasteiger partial charge in [0.15, 0.2) is 5.78 Å². The van der Waals surface area contributed by atoms with Gasteiger partial charge in [-0.15, -0.1) is 0 Å². The fraction of sp³-hybridized carbons (Fsp3) is 0.280. The highest BCUT2D eigenvalue weighted by molar-refractivity contribution is 9.09. The Bertz CT molecular complexity index is 1110. The van der Waals surface area contributed by atoms with Gasteiger partial charge in [0, 0.05) is 16.6 Å². The topological polar surface area (TPSA) is 67.4 Å². The number of nitrogens with one attached hydrogen (secondary N) is 2. The van der Waals surface area contributed by atoms with Gasteiger partial charge in [-0.05, 0) is 55.8 Å². The number of alkyl halides is 1. The molecule has 1 amide bonds. The number of benzene rings is 2. The molecule has 1 aliphatic heterocycles. The second-order valence-corrected chi connectivity index (χ2v) is 9.13. The number of anilines is 1. The van der Waals surface area contributed by atoms with Crippen LogP contribution in [0, 0.1) is 5.92 Å². The van der Waals surface area contributed by atoms with Crippen LogP contribution in [0.5, 0.6) is 5.75 Å². The highest BCUT2D eigenvalue weighted by Gasteiger charge is 2.38. The first-order valence-electron chi connectivity index (χ1n) is 10.4. The van der Waals surface area contributed by atoms with Crippen molar-refractivity contribution < 1.29 is 18.7 Å². The van der Waals surface area contributed by atoms with E-state index in [0.717, 1.165) is 16.6 Å². The third-order valence-corrected chi connectivity index (χ3v) is 6.05. The highest BCUT2D eigenvalue weighted by Crippen LogP contribution is 2.35. The predicted octanol–water partition coefficient (Wildman–Crippen LogP) is 4.90. The first kappa shape index (κ1) is 22.3. The van der Waals surface area contributed by atoms with Gasteiger partial charge in [0.25, 0.3) is 5.91 Å². The summed E-state index contributed by atoms with van der Waals surface area (Å²) in [6.07, 6.45) is 2.75. The molecular formula is C25H24BrFN2O3. The van der Waals surface area contributed by atoms with Crippen molar-refractivity contribution in [2.75, 3.05) is 17.3 Å². The van der Waals surface area contributed by atoms with E-state index in [-0.39, 0.29) is 11.4 Å². The van der Waals surface area contributed by atoms with Crippen LogP contribution in [0.1, 0.15) is 29.8 Å². The Labute approximate surface area is 194 Å². The number of Topliss-reactive ketones (excluding diaryl/α,β-unsaturated/α-hetero) is 1. The van der Waals surface area contributed by atoms with Crippen LogP contribution in [0.4, 0.5) is 10.1 Å². The Balaban J connectivity index is 1.52. The Morgan fingerprint density at radius 3 is 2.59 bits per heavy atom. The van der Waals surface area contributed by atoms with Gasteiger partial charge >= 0.3 is 0 Å². The first-order valence-corrected chi connectivity index (χ1v) is 11.5. The maximum absolute atomic E-state index is 14.9. The number of rotatable bonds is 6. The number of para-hydroxylation sites is 1. The third kappa shape index (κ3) is 4.35. The van der Waals surface area contributed by atoms with Crippen molar-refractivity contribution in [3.05, 3.63) is 83.2 Å². The second-order valence-electron chi connectivity index (χ2n) is 8.34. The number of ketones is 1. The quantitative estimate of drug-likeness (QED) is 0.556. The van der Waals surface area contributed by atoms with E-state index >= 15 is 0 Å². The van der Waals surface area contributed by atoms with Crippen molar-refractivity contribution in [3.63, 3.8) is 0 Å². The summed E-state index contributed by atoms with van der Waals surface area (Å²) in [5.74, 6) is -1.32. The Morgan fingerprint density at radius 2 is 1.88 bits per heavy atom. The van der Waals surface area contributed by atoms with Crippen LogP contribution >= 0.6 is 15.9 Å². The number of carbonyl (C=O) groups excluding carboxylic acids is 2. The van der Waals surface area contributed by atoms with Crippen molar-refractivity contribution in [1.82, 2.24) is 5.32 Å². The summed E-state index contributed by atoms with van der Waals surface area (Å²) in [4.78, 5) is 25.8. The van der Waals surface area contributed by atoms with Gasteiger partial charge in [-0.3, -0.25) is 9.59 Å². The van der Waals surface area contributed by atoms with E-state index in [2.05, 4.69) is 26.6 Å².